The van der Waals surface area contributed by atoms with Gasteiger partial charge in [-0.15, -0.1) is 0 Å². The highest BCUT2D eigenvalue weighted by Gasteiger charge is 2.10. The fourth-order valence-electron chi connectivity index (χ4n) is 1.84. The number of hydrogen-bond donors (Lipinski definition) is 2. The molecule has 4 heteroatoms. The molecule has 110 valence electrons. The van der Waals surface area contributed by atoms with E-state index in [9.17, 15) is 9.59 Å². The molecule has 0 heterocycles. The zero-order valence-electron chi connectivity index (χ0n) is 12.5. The van der Waals surface area contributed by atoms with Gasteiger partial charge >= 0.3 is 0 Å². The SMILES string of the molecule is CC(C)C(=O)NCCNC(=O)CC(C)c1ccccc1. The summed E-state index contributed by atoms with van der Waals surface area (Å²) in [6.45, 7) is 6.67. The van der Waals surface area contributed by atoms with Gasteiger partial charge in [0.1, 0.15) is 0 Å². The Morgan fingerprint density at radius 2 is 1.60 bits per heavy atom. The molecule has 2 N–H and O–H groups in total. The van der Waals surface area contributed by atoms with Crippen LogP contribution in [0.5, 0.6) is 0 Å². The van der Waals surface area contributed by atoms with Crippen LogP contribution in [-0.4, -0.2) is 24.9 Å². The van der Waals surface area contributed by atoms with Gasteiger partial charge in [0.05, 0.1) is 0 Å². The molecular formula is C16H24N2O2. The minimum atomic E-state index is -0.0243. The smallest absolute Gasteiger partial charge is 0.222 e. The van der Waals surface area contributed by atoms with E-state index in [0.717, 1.165) is 5.56 Å². The standard InChI is InChI=1S/C16H24N2O2/c1-12(2)16(20)18-10-9-17-15(19)11-13(3)14-7-5-4-6-8-14/h4-8,12-13H,9-11H2,1-3H3,(H,17,19)(H,18,20). The largest absolute Gasteiger partial charge is 0.354 e. The summed E-state index contributed by atoms with van der Waals surface area (Å²) in [5.41, 5.74) is 1.16. The molecule has 0 spiro atoms. The Balaban J connectivity index is 2.22. The average molecular weight is 276 g/mol. The predicted octanol–water partition coefficient (Wildman–Crippen LogP) is 2.07. The van der Waals surface area contributed by atoms with Crippen molar-refractivity contribution in [3.63, 3.8) is 0 Å². The van der Waals surface area contributed by atoms with E-state index in [-0.39, 0.29) is 23.7 Å². The first-order valence-corrected chi connectivity index (χ1v) is 7.10. The van der Waals surface area contributed by atoms with Gasteiger partial charge in [0, 0.05) is 25.4 Å². The van der Waals surface area contributed by atoms with Gasteiger partial charge in [-0.25, -0.2) is 0 Å². The summed E-state index contributed by atoms with van der Waals surface area (Å²) in [6.07, 6.45) is 0.460. The van der Waals surface area contributed by atoms with Gasteiger partial charge in [-0.2, -0.15) is 0 Å². The van der Waals surface area contributed by atoms with Crippen molar-refractivity contribution in [1.82, 2.24) is 10.6 Å². The molecule has 20 heavy (non-hydrogen) atoms. The zero-order chi connectivity index (χ0) is 15.0. The highest BCUT2D eigenvalue weighted by molar-refractivity contribution is 5.78. The molecule has 1 aromatic rings. The Bertz CT molecular complexity index is 429. The Morgan fingerprint density at radius 1 is 1.00 bits per heavy atom. The maximum atomic E-state index is 11.8. The molecule has 0 saturated heterocycles. The molecule has 0 aliphatic carbocycles. The molecule has 4 nitrogen and oxygen atoms in total. The van der Waals surface area contributed by atoms with Crippen LogP contribution in [0, 0.1) is 5.92 Å². The van der Waals surface area contributed by atoms with Crippen LogP contribution < -0.4 is 10.6 Å². The van der Waals surface area contributed by atoms with Crippen LogP contribution in [0.3, 0.4) is 0 Å². The summed E-state index contributed by atoms with van der Waals surface area (Å²) in [7, 11) is 0. The highest BCUT2D eigenvalue weighted by Crippen LogP contribution is 2.17. The van der Waals surface area contributed by atoms with Crippen LogP contribution in [0.1, 0.15) is 38.7 Å². The molecule has 0 aliphatic heterocycles. The minimum absolute atomic E-state index is 0.0110. The molecule has 1 unspecified atom stereocenters. The topological polar surface area (TPSA) is 58.2 Å². The van der Waals surface area contributed by atoms with Crippen molar-refractivity contribution < 1.29 is 9.59 Å². The maximum Gasteiger partial charge on any atom is 0.222 e. The summed E-state index contributed by atoms with van der Waals surface area (Å²) in [5.74, 6) is 0.197. The molecule has 0 fully saturated rings. The molecule has 0 aliphatic rings. The number of carbonyl (C=O) groups is 2. The second-order valence-electron chi connectivity index (χ2n) is 5.31. The highest BCUT2D eigenvalue weighted by atomic mass is 16.2. The Morgan fingerprint density at radius 3 is 2.20 bits per heavy atom. The van der Waals surface area contributed by atoms with Gasteiger partial charge < -0.3 is 10.6 Å². The quantitative estimate of drug-likeness (QED) is 0.749. The molecule has 0 saturated carbocycles. The van der Waals surface area contributed by atoms with Crippen molar-refractivity contribution in [1.29, 1.82) is 0 Å². The van der Waals surface area contributed by atoms with Gasteiger partial charge in [-0.3, -0.25) is 9.59 Å². The van der Waals surface area contributed by atoms with E-state index >= 15 is 0 Å². The summed E-state index contributed by atoms with van der Waals surface area (Å²) in [5, 5.41) is 5.59. The van der Waals surface area contributed by atoms with Gasteiger partial charge in [-0.1, -0.05) is 51.1 Å². The van der Waals surface area contributed by atoms with Crippen LogP contribution in [0.15, 0.2) is 30.3 Å². The lowest BCUT2D eigenvalue weighted by atomic mass is 9.98. The summed E-state index contributed by atoms with van der Waals surface area (Å²) in [4.78, 5) is 23.1. The van der Waals surface area contributed by atoms with Gasteiger partial charge in [0.25, 0.3) is 0 Å². The zero-order valence-corrected chi connectivity index (χ0v) is 12.5. The van der Waals surface area contributed by atoms with E-state index < -0.39 is 0 Å². The molecule has 2 amide bonds. The lowest BCUT2D eigenvalue weighted by Crippen LogP contribution is -2.36. The molecule has 1 aromatic carbocycles. The van der Waals surface area contributed by atoms with Crippen molar-refractivity contribution in [3.8, 4) is 0 Å². The molecule has 0 aromatic heterocycles. The van der Waals surface area contributed by atoms with Crippen LogP contribution in [0.4, 0.5) is 0 Å². The first kappa shape index (κ1) is 16.2. The van der Waals surface area contributed by atoms with E-state index in [2.05, 4.69) is 10.6 Å². The van der Waals surface area contributed by atoms with E-state index in [1.165, 1.54) is 0 Å². The van der Waals surface area contributed by atoms with Crippen LogP contribution in [0.25, 0.3) is 0 Å². The fourth-order valence-corrected chi connectivity index (χ4v) is 1.84. The van der Waals surface area contributed by atoms with Gasteiger partial charge in [-0.05, 0) is 11.5 Å². The number of benzene rings is 1. The molecule has 1 rings (SSSR count). The summed E-state index contributed by atoms with van der Waals surface area (Å²) >= 11 is 0. The van der Waals surface area contributed by atoms with Crippen molar-refractivity contribution in [2.24, 2.45) is 5.92 Å². The van der Waals surface area contributed by atoms with Crippen LogP contribution in [-0.2, 0) is 9.59 Å². The molecule has 1 atom stereocenters. The van der Waals surface area contributed by atoms with E-state index in [1.54, 1.807) is 0 Å². The Hall–Kier alpha value is -1.84. The lowest BCUT2D eigenvalue weighted by Gasteiger charge is -2.12. The number of hydrogen-bond acceptors (Lipinski definition) is 2. The second kappa shape index (κ2) is 8.35. The molecule has 0 radical (unpaired) electrons. The van der Waals surface area contributed by atoms with Gasteiger partial charge in [0.15, 0.2) is 0 Å². The maximum absolute atomic E-state index is 11.8. The van der Waals surface area contributed by atoms with Crippen LogP contribution in [0.2, 0.25) is 0 Å². The fraction of sp³-hybridized carbons (Fsp3) is 0.500. The van der Waals surface area contributed by atoms with Crippen molar-refractivity contribution in [3.05, 3.63) is 35.9 Å². The minimum Gasteiger partial charge on any atom is -0.354 e. The van der Waals surface area contributed by atoms with E-state index in [4.69, 9.17) is 0 Å². The third-order valence-electron chi connectivity index (χ3n) is 3.13. The third-order valence-corrected chi connectivity index (χ3v) is 3.13. The Labute approximate surface area is 121 Å². The second-order valence-corrected chi connectivity index (χ2v) is 5.31. The van der Waals surface area contributed by atoms with Crippen molar-refractivity contribution >= 4 is 11.8 Å². The summed E-state index contributed by atoms with van der Waals surface area (Å²) < 4.78 is 0. The van der Waals surface area contributed by atoms with Gasteiger partial charge in [0.2, 0.25) is 11.8 Å². The number of amides is 2. The number of carbonyl (C=O) groups excluding carboxylic acids is 2. The normalized spacial score (nSPS) is 12.0. The molecular weight excluding hydrogens is 252 g/mol. The predicted molar refractivity (Wildman–Crippen MR) is 80.3 cm³/mol. The first-order valence-electron chi connectivity index (χ1n) is 7.10. The average Bonchev–Trinajstić information content (AvgIpc) is 2.44. The first-order chi connectivity index (χ1) is 9.50. The number of nitrogens with one attached hydrogen (secondary N) is 2. The lowest BCUT2D eigenvalue weighted by molar-refractivity contribution is -0.124. The Kier molecular flexibility index (Phi) is 6.77. The summed E-state index contributed by atoms with van der Waals surface area (Å²) in [6, 6.07) is 9.98. The van der Waals surface area contributed by atoms with E-state index in [0.29, 0.717) is 19.5 Å². The number of rotatable bonds is 7. The van der Waals surface area contributed by atoms with Crippen LogP contribution >= 0.6 is 0 Å². The van der Waals surface area contributed by atoms with E-state index in [1.807, 2.05) is 51.1 Å². The third kappa shape index (κ3) is 5.87. The monoisotopic (exact) mass is 276 g/mol. The van der Waals surface area contributed by atoms with Crippen molar-refractivity contribution in [2.45, 2.75) is 33.1 Å². The van der Waals surface area contributed by atoms with Crippen molar-refractivity contribution in [2.75, 3.05) is 13.1 Å². The molecule has 0 bridgehead atoms.